The molecule has 1 aromatic rings. The van der Waals surface area contributed by atoms with E-state index in [-0.39, 0.29) is 10.8 Å². The average molecular weight is 272 g/mol. The molecule has 1 N–H and O–H groups in total. The molecule has 0 saturated heterocycles. The van der Waals surface area contributed by atoms with Gasteiger partial charge in [-0.05, 0) is 29.7 Å². The summed E-state index contributed by atoms with van der Waals surface area (Å²) in [6, 6.07) is 4.38. The van der Waals surface area contributed by atoms with Crippen molar-refractivity contribution in [1.82, 2.24) is 0 Å². The van der Waals surface area contributed by atoms with E-state index in [1.54, 1.807) is 6.07 Å². The molecule has 0 aliphatic rings. The minimum absolute atomic E-state index is 0.00870. The summed E-state index contributed by atoms with van der Waals surface area (Å²) in [6.07, 6.45) is 0. The number of carbonyl (C=O) groups is 1. The average Bonchev–Trinajstić information content (AvgIpc) is 2.26. The number of methoxy groups -OCH3 is 1. The fraction of sp³-hybridized carbons (Fsp3) is 0.417. The predicted octanol–water partition coefficient (Wildman–Crippen LogP) is 1.68. The van der Waals surface area contributed by atoms with E-state index in [0.717, 1.165) is 5.56 Å². The summed E-state index contributed by atoms with van der Waals surface area (Å²) in [5, 5.41) is 8.59. The maximum atomic E-state index is 11.8. The van der Waals surface area contributed by atoms with Gasteiger partial charge in [0.05, 0.1) is 12.0 Å². The first kappa shape index (κ1) is 14.5. The maximum Gasteiger partial charge on any atom is 0.319 e. The van der Waals surface area contributed by atoms with Gasteiger partial charge >= 0.3 is 5.97 Å². The Hall–Kier alpha value is -1.56. The lowest BCUT2D eigenvalue weighted by Gasteiger charge is -2.13. The zero-order chi connectivity index (χ0) is 13.9. The second kappa shape index (κ2) is 5.39. The van der Waals surface area contributed by atoms with Crippen LogP contribution in [0, 0.1) is 0 Å². The zero-order valence-corrected chi connectivity index (χ0v) is 11.3. The van der Waals surface area contributed by atoms with Crippen molar-refractivity contribution in [1.29, 1.82) is 0 Å². The van der Waals surface area contributed by atoms with Crippen LogP contribution >= 0.6 is 0 Å². The summed E-state index contributed by atoms with van der Waals surface area (Å²) < 4.78 is 28.7. The van der Waals surface area contributed by atoms with Gasteiger partial charge in [0.2, 0.25) is 0 Å². The van der Waals surface area contributed by atoms with Crippen molar-refractivity contribution in [3.63, 3.8) is 0 Å². The molecule has 0 spiro atoms. The lowest BCUT2D eigenvalue weighted by atomic mass is 10.0. The number of hydrogen-bond donors (Lipinski definition) is 1. The highest BCUT2D eigenvalue weighted by Gasteiger charge is 2.20. The van der Waals surface area contributed by atoms with Crippen LogP contribution in [0.1, 0.15) is 25.3 Å². The second-order valence-corrected chi connectivity index (χ2v) is 6.20. The normalized spacial score (nSPS) is 11.6. The quantitative estimate of drug-likeness (QED) is 0.882. The molecule has 6 heteroatoms. The van der Waals surface area contributed by atoms with Crippen LogP contribution in [0.2, 0.25) is 0 Å². The minimum Gasteiger partial charge on any atom is -0.496 e. The Morgan fingerprint density at radius 1 is 1.39 bits per heavy atom. The Labute approximate surface area is 106 Å². The van der Waals surface area contributed by atoms with Crippen LogP contribution in [0.25, 0.3) is 0 Å². The van der Waals surface area contributed by atoms with Gasteiger partial charge in [0.1, 0.15) is 5.75 Å². The van der Waals surface area contributed by atoms with Gasteiger partial charge in [-0.2, -0.15) is 0 Å². The third kappa shape index (κ3) is 3.22. The van der Waals surface area contributed by atoms with Gasteiger partial charge in [-0.3, -0.25) is 4.79 Å². The Morgan fingerprint density at radius 3 is 2.44 bits per heavy atom. The van der Waals surface area contributed by atoms with Gasteiger partial charge in [0.15, 0.2) is 15.6 Å². The van der Waals surface area contributed by atoms with Crippen LogP contribution in [-0.4, -0.2) is 32.4 Å². The van der Waals surface area contributed by atoms with E-state index in [1.807, 2.05) is 13.8 Å². The van der Waals surface area contributed by atoms with Crippen molar-refractivity contribution >= 4 is 15.8 Å². The Morgan fingerprint density at radius 2 is 2.00 bits per heavy atom. The number of benzene rings is 1. The number of carboxylic acid groups (broad SMARTS) is 1. The number of rotatable bonds is 5. The van der Waals surface area contributed by atoms with E-state index < -0.39 is 21.6 Å². The second-order valence-electron chi connectivity index (χ2n) is 4.21. The van der Waals surface area contributed by atoms with Crippen LogP contribution in [-0.2, 0) is 14.6 Å². The van der Waals surface area contributed by atoms with Crippen molar-refractivity contribution in [2.75, 3.05) is 12.9 Å². The minimum atomic E-state index is -3.80. The smallest absolute Gasteiger partial charge is 0.319 e. The van der Waals surface area contributed by atoms with Crippen LogP contribution in [0.5, 0.6) is 5.75 Å². The summed E-state index contributed by atoms with van der Waals surface area (Å²) in [6.45, 7) is 3.82. The standard InChI is InChI=1S/C12H16O5S/c1-8(2)10-6-9(4-5-11(10)17-3)18(15,16)7-12(13)14/h4-6,8H,7H2,1-3H3,(H,13,14). The monoisotopic (exact) mass is 272 g/mol. The lowest BCUT2D eigenvalue weighted by molar-refractivity contribution is -0.134. The first-order valence-electron chi connectivity index (χ1n) is 5.40. The molecule has 0 heterocycles. The molecular formula is C12H16O5S. The Balaban J connectivity index is 3.28. The number of sulfone groups is 1. The highest BCUT2D eigenvalue weighted by molar-refractivity contribution is 7.92. The van der Waals surface area contributed by atoms with Crippen LogP contribution in [0.3, 0.4) is 0 Å². The third-order valence-corrected chi connectivity index (χ3v) is 4.09. The third-order valence-electron chi connectivity index (χ3n) is 2.50. The van der Waals surface area contributed by atoms with E-state index in [4.69, 9.17) is 9.84 Å². The molecule has 5 nitrogen and oxygen atoms in total. The Kier molecular flexibility index (Phi) is 4.34. The maximum absolute atomic E-state index is 11.8. The molecule has 0 amide bonds. The number of carboxylic acids is 1. The molecule has 1 rings (SSSR count). The zero-order valence-electron chi connectivity index (χ0n) is 10.5. The number of ether oxygens (including phenoxy) is 1. The predicted molar refractivity (Wildman–Crippen MR) is 66.8 cm³/mol. The fourth-order valence-electron chi connectivity index (χ4n) is 1.60. The van der Waals surface area contributed by atoms with Gasteiger partial charge in [0, 0.05) is 0 Å². The van der Waals surface area contributed by atoms with Crippen molar-refractivity contribution in [2.24, 2.45) is 0 Å². The number of aliphatic carboxylic acids is 1. The number of hydrogen-bond acceptors (Lipinski definition) is 4. The van der Waals surface area contributed by atoms with Gasteiger partial charge < -0.3 is 9.84 Å². The Bertz CT molecular complexity index is 546. The summed E-state index contributed by atoms with van der Waals surface area (Å²) >= 11 is 0. The van der Waals surface area contributed by atoms with Gasteiger partial charge in [-0.15, -0.1) is 0 Å². The molecule has 0 saturated carbocycles. The molecule has 0 radical (unpaired) electrons. The highest BCUT2D eigenvalue weighted by Crippen LogP contribution is 2.29. The van der Waals surface area contributed by atoms with Crippen molar-refractivity contribution < 1.29 is 23.1 Å². The molecule has 0 bridgehead atoms. The molecule has 0 aromatic heterocycles. The van der Waals surface area contributed by atoms with Crippen LogP contribution in [0.15, 0.2) is 23.1 Å². The summed E-state index contributed by atoms with van der Waals surface area (Å²) in [5.41, 5.74) is 0.740. The lowest BCUT2D eigenvalue weighted by Crippen LogP contribution is -2.15. The molecule has 0 aliphatic heterocycles. The summed E-state index contributed by atoms with van der Waals surface area (Å²) in [5.74, 6) is -1.59. The van der Waals surface area contributed by atoms with Crippen molar-refractivity contribution in [3.05, 3.63) is 23.8 Å². The fourth-order valence-corrected chi connectivity index (χ4v) is 2.68. The van der Waals surface area contributed by atoms with E-state index >= 15 is 0 Å². The van der Waals surface area contributed by atoms with Crippen molar-refractivity contribution in [3.8, 4) is 5.75 Å². The largest absolute Gasteiger partial charge is 0.496 e. The summed E-state index contributed by atoms with van der Waals surface area (Å²) in [4.78, 5) is 10.5. The molecule has 100 valence electrons. The van der Waals surface area contributed by atoms with E-state index in [0.29, 0.717) is 5.75 Å². The molecule has 18 heavy (non-hydrogen) atoms. The first-order chi connectivity index (χ1) is 8.27. The van der Waals surface area contributed by atoms with E-state index in [2.05, 4.69) is 0 Å². The topological polar surface area (TPSA) is 80.7 Å². The SMILES string of the molecule is COc1ccc(S(=O)(=O)CC(=O)O)cc1C(C)C. The van der Waals surface area contributed by atoms with E-state index in [1.165, 1.54) is 19.2 Å². The molecule has 0 unspecified atom stereocenters. The molecular weight excluding hydrogens is 256 g/mol. The molecule has 0 fully saturated rings. The van der Waals surface area contributed by atoms with Gasteiger partial charge in [0.25, 0.3) is 0 Å². The highest BCUT2D eigenvalue weighted by atomic mass is 32.2. The van der Waals surface area contributed by atoms with Crippen LogP contribution in [0.4, 0.5) is 0 Å². The first-order valence-corrected chi connectivity index (χ1v) is 7.05. The van der Waals surface area contributed by atoms with E-state index in [9.17, 15) is 13.2 Å². The van der Waals surface area contributed by atoms with Gasteiger partial charge in [-0.25, -0.2) is 8.42 Å². The molecule has 0 aliphatic carbocycles. The van der Waals surface area contributed by atoms with Crippen molar-refractivity contribution in [2.45, 2.75) is 24.7 Å². The molecule has 0 atom stereocenters. The summed E-state index contributed by atoms with van der Waals surface area (Å²) in [7, 11) is -2.29. The molecule has 1 aromatic carbocycles. The van der Waals surface area contributed by atoms with Gasteiger partial charge in [-0.1, -0.05) is 13.8 Å². The van der Waals surface area contributed by atoms with Crippen LogP contribution < -0.4 is 4.74 Å².